The maximum absolute atomic E-state index is 11.1. The average Bonchev–Trinajstić information content (AvgIpc) is 2.13. The predicted molar refractivity (Wildman–Crippen MR) is 53.6 cm³/mol. The van der Waals surface area contributed by atoms with E-state index < -0.39 is 5.97 Å². The second-order valence-electron chi connectivity index (χ2n) is 2.03. The van der Waals surface area contributed by atoms with Crippen molar-refractivity contribution in [1.82, 2.24) is 0 Å². The Balaban J connectivity index is 4.39. The molecule has 0 amide bonds. The number of nitrogens with zero attached hydrogens (tertiary/aromatic N) is 1. The van der Waals surface area contributed by atoms with Crippen LogP contribution in [0, 0.1) is 0 Å². The van der Waals surface area contributed by atoms with Crippen molar-refractivity contribution in [2.45, 2.75) is 6.92 Å². The first-order valence-corrected chi connectivity index (χ1v) is 3.90. The summed E-state index contributed by atoms with van der Waals surface area (Å²) in [5, 5.41) is 0. The lowest BCUT2D eigenvalue weighted by Gasteiger charge is -1.99. The molecule has 0 aliphatic rings. The summed E-state index contributed by atoms with van der Waals surface area (Å²) >= 11 is 0. The molecule has 0 N–H and O–H groups in total. The fraction of sp³-hybridized carbons (Fsp3) is 0.200. The molecule has 13 heavy (non-hydrogen) atoms. The highest BCUT2D eigenvalue weighted by Gasteiger charge is 2.03. The lowest BCUT2D eigenvalue weighted by molar-refractivity contribution is -0.138. The first-order valence-electron chi connectivity index (χ1n) is 3.90. The highest BCUT2D eigenvalue weighted by Crippen LogP contribution is 1.97. The van der Waals surface area contributed by atoms with Crippen LogP contribution in [-0.4, -0.2) is 18.8 Å². The van der Waals surface area contributed by atoms with Crippen LogP contribution >= 0.6 is 0 Å². The van der Waals surface area contributed by atoms with Crippen molar-refractivity contribution in [3.05, 3.63) is 37.1 Å². The maximum atomic E-state index is 11.1. The Morgan fingerprint density at radius 1 is 1.54 bits per heavy atom. The third kappa shape index (κ3) is 4.74. The number of aliphatic imine (C=N–C) groups is 1. The van der Waals surface area contributed by atoms with Gasteiger partial charge >= 0.3 is 5.97 Å². The number of allylic oxidation sites excluding steroid dienone is 1. The van der Waals surface area contributed by atoms with Crippen LogP contribution in [0.15, 0.2) is 42.1 Å². The summed E-state index contributed by atoms with van der Waals surface area (Å²) in [5.41, 5.74) is 0.382. The van der Waals surface area contributed by atoms with Crippen molar-refractivity contribution in [1.29, 1.82) is 0 Å². The first-order chi connectivity index (χ1) is 6.26. The quantitative estimate of drug-likeness (QED) is 0.280. The van der Waals surface area contributed by atoms with E-state index in [1.54, 1.807) is 6.92 Å². The van der Waals surface area contributed by atoms with Crippen LogP contribution in [0.1, 0.15) is 6.92 Å². The molecule has 0 unspecified atom stereocenters. The molecule has 0 radical (unpaired) electrons. The summed E-state index contributed by atoms with van der Waals surface area (Å²) in [5.74, 6) is -0.395. The third-order valence-corrected chi connectivity index (χ3v) is 1.18. The van der Waals surface area contributed by atoms with Crippen LogP contribution in [0.4, 0.5) is 0 Å². The van der Waals surface area contributed by atoms with E-state index in [4.69, 9.17) is 4.74 Å². The Morgan fingerprint density at radius 3 is 2.69 bits per heavy atom. The molecule has 3 nitrogen and oxygen atoms in total. The summed E-state index contributed by atoms with van der Waals surface area (Å²) in [6, 6.07) is 0. The van der Waals surface area contributed by atoms with Crippen molar-refractivity contribution in [3.8, 4) is 0 Å². The zero-order chi connectivity index (χ0) is 10.1. The fourth-order valence-electron chi connectivity index (χ4n) is 0.618. The third-order valence-electron chi connectivity index (χ3n) is 1.18. The van der Waals surface area contributed by atoms with Crippen LogP contribution in [0.2, 0.25) is 0 Å². The number of hydrogen-bond donors (Lipinski definition) is 0. The second kappa shape index (κ2) is 7.03. The molecule has 0 aromatic rings. The number of carbonyl (C=O) groups is 1. The van der Waals surface area contributed by atoms with Gasteiger partial charge in [-0.1, -0.05) is 19.2 Å². The summed E-state index contributed by atoms with van der Waals surface area (Å²) in [6.07, 6.45) is 5.78. The largest absolute Gasteiger partial charge is 0.462 e. The Bertz CT molecular complexity index is 252. The molecule has 0 aliphatic carbocycles. The van der Waals surface area contributed by atoms with Crippen LogP contribution in [-0.2, 0) is 9.53 Å². The van der Waals surface area contributed by atoms with Gasteiger partial charge in [-0.3, -0.25) is 4.99 Å². The molecular formula is C10H13NO2. The van der Waals surface area contributed by atoms with Gasteiger partial charge in [-0.05, 0) is 13.0 Å². The molecule has 0 saturated carbocycles. The van der Waals surface area contributed by atoms with E-state index >= 15 is 0 Å². The topological polar surface area (TPSA) is 38.7 Å². The standard InChI is InChI=1S/C10H13NO2/c1-4-9(7-8-11-5-2)10(12)13-6-3/h4-5,7-8H,1-2,6H2,3H3/b9-7+,11-8?. The van der Waals surface area contributed by atoms with E-state index in [0.29, 0.717) is 12.2 Å². The van der Waals surface area contributed by atoms with E-state index in [1.807, 2.05) is 0 Å². The highest BCUT2D eigenvalue weighted by atomic mass is 16.5. The van der Waals surface area contributed by atoms with Gasteiger partial charge in [0.15, 0.2) is 0 Å². The van der Waals surface area contributed by atoms with Gasteiger partial charge in [0.1, 0.15) is 0 Å². The molecule has 0 aromatic carbocycles. The number of rotatable bonds is 5. The second-order valence-corrected chi connectivity index (χ2v) is 2.03. The molecule has 70 valence electrons. The van der Waals surface area contributed by atoms with Crippen LogP contribution in [0.3, 0.4) is 0 Å². The van der Waals surface area contributed by atoms with Crippen molar-refractivity contribution in [2.75, 3.05) is 6.61 Å². The van der Waals surface area contributed by atoms with Gasteiger partial charge in [0, 0.05) is 12.4 Å². The van der Waals surface area contributed by atoms with Gasteiger partial charge in [-0.25, -0.2) is 4.79 Å². The van der Waals surface area contributed by atoms with Gasteiger partial charge in [-0.15, -0.1) is 0 Å². The summed E-state index contributed by atoms with van der Waals surface area (Å²) in [7, 11) is 0. The van der Waals surface area contributed by atoms with Crippen LogP contribution in [0.5, 0.6) is 0 Å². The minimum atomic E-state index is -0.395. The van der Waals surface area contributed by atoms with Crippen molar-refractivity contribution < 1.29 is 9.53 Å². The van der Waals surface area contributed by atoms with Crippen molar-refractivity contribution in [3.63, 3.8) is 0 Å². The first kappa shape index (κ1) is 11.4. The van der Waals surface area contributed by atoms with Gasteiger partial charge in [0.05, 0.1) is 12.2 Å². The Hall–Kier alpha value is -1.64. The monoisotopic (exact) mass is 179 g/mol. The van der Waals surface area contributed by atoms with Gasteiger partial charge < -0.3 is 4.74 Å². The van der Waals surface area contributed by atoms with E-state index in [2.05, 4.69) is 18.2 Å². The molecule has 0 aromatic heterocycles. The minimum Gasteiger partial charge on any atom is -0.462 e. The molecule has 0 saturated heterocycles. The molecule has 0 bridgehead atoms. The average molecular weight is 179 g/mol. The smallest absolute Gasteiger partial charge is 0.338 e. The summed E-state index contributed by atoms with van der Waals surface area (Å²) in [4.78, 5) is 14.8. The fourth-order valence-corrected chi connectivity index (χ4v) is 0.618. The van der Waals surface area contributed by atoms with E-state index in [1.165, 1.54) is 24.6 Å². The molecule has 0 fully saturated rings. The van der Waals surface area contributed by atoms with E-state index in [0.717, 1.165) is 0 Å². The molecular weight excluding hydrogens is 166 g/mol. The minimum absolute atomic E-state index is 0.350. The number of esters is 1. The lowest BCUT2D eigenvalue weighted by atomic mass is 10.2. The predicted octanol–water partition coefficient (Wildman–Crippen LogP) is 1.88. The number of ether oxygens (including phenoxy) is 1. The molecule has 0 spiro atoms. The molecule has 0 rings (SSSR count). The summed E-state index contributed by atoms with van der Waals surface area (Å²) in [6.45, 7) is 8.98. The van der Waals surface area contributed by atoms with Crippen LogP contribution in [0.25, 0.3) is 0 Å². The molecule has 0 heterocycles. The van der Waals surface area contributed by atoms with Crippen LogP contribution < -0.4 is 0 Å². The summed E-state index contributed by atoms with van der Waals surface area (Å²) < 4.78 is 4.76. The normalized spacial score (nSPS) is 11.3. The molecule has 3 heteroatoms. The Morgan fingerprint density at radius 2 is 2.23 bits per heavy atom. The zero-order valence-corrected chi connectivity index (χ0v) is 7.69. The molecule has 0 atom stereocenters. The zero-order valence-electron chi connectivity index (χ0n) is 7.69. The SMILES string of the molecule is C=CN=C/C=C(\C=C)C(=O)OCC. The lowest BCUT2D eigenvalue weighted by Crippen LogP contribution is -2.05. The molecule has 0 aliphatic heterocycles. The maximum Gasteiger partial charge on any atom is 0.338 e. The van der Waals surface area contributed by atoms with Gasteiger partial charge in [-0.2, -0.15) is 0 Å². The number of carbonyl (C=O) groups excluding carboxylic acids is 1. The number of hydrogen-bond acceptors (Lipinski definition) is 3. The van der Waals surface area contributed by atoms with E-state index in [9.17, 15) is 4.79 Å². The Kier molecular flexibility index (Phi) is 6.15. The van der Waals surface area contributed by atoms with Gasteiger partial charge in [0.25, 0.3) is 0 Å². The van der Waals surface area contributed by atoms with Gasteiger partial charge in [0.2, 0.25) is 0 Å². The Labute approximate surface area is 78.1 Å². The van der Waals surface area contributed by atoms with Crippen molar-refractivity contribution >= 4 is 12.2 Å². The van der Waals surface area contributed by atoms with E-state index in [-0.39, 0.29) is 0 Å². The highest BCUT2D eigenvalue weighted by molar-refractivity contribution is 5.96. The van der Waals surface area contributed by atoms with Crippen molar-refractivity contribution in [2.24, 2.45) is 4.99 Å².